The Kier molecular flexibility index (Phi) is 5.76. The lowest BCUT2D eigenvalue weighted by Gasteiger charge is -2.30. The van der Waals surface area contributed by atoms with Gasteiger partial charge in [0.2, 0.25) is 5.91 Å². The van der Waals surface area contributed by atoms with Crippen LogP contribution in [0.4, 0.5) is 5.69 Å². The zero-order chi connectivity index (χ0) is 17.8. The van der Waals surface area contributed by atoms with Crippen molar-refractivity contribution in [2.45, 2.75) is 45.2 Å². The zero-order valence-corrected chi connectivity index (χ0v) is 15.6. The molecule has 1 aromatic heterocycles. The van der Waals surface area contributed by atoms with E-state index in [1.807, 2.05) is 23.9 Å². The number of aromatic nitrogens is 2. The van der Waals surface area contributed by atoms with E-state index in [0.717, 1.165) is 35.9 Å². The minimum Gasteiger partial charge on any atom is -0.326 e. The number of rotatable bonds is 4. The number of nitrogens with one attached hydrogen (secondary N) is 1. The van der Waals surface area contributed by atoms with E-state index in [1.54, 1.807) is 6.20 Å². The summed E-state index contributed by atoms with van der Waals surface area (Å²) in [6.07, 6.45) is 6.51. The van der Waals surface area contributed by atoms with Gasteiger partial charge < -0.3 is 5.32 Å². The molecule has 1 saturated heterocycles. The van der Waals surface area contributed by atoms with Crippen LogP contribution in [0.3, 0.4) is 0 Å². The van der Waals surface area contributed by atoms with Crippen molar-refractivity contribution in [3.05, 3.63) is 46.7 Å². The molecule has 0 saturated carbocycles. The van der Waals surface area contributed by atoms with Gasteiger partial charge in [-0.2, -0.15) is 5.10 Å². The molecule has 1 aliphatic heterocycles. The number of likely N-dealkylation sites (tertiary alicyclic amines) is 1. The number of carbonyl (C=O) groups is 1. The van der Waals surface area contributed by atoms with Crippen LogP contribution < -0.4 is 5.32 Å². The molecule has 3 rings (SSSR count). The number of anilines is 1. The second-order valence-corrected chi connectivity index (χ2v) is 7.12. The number of nitrogens with zero attached hydrogens (tertiary/aromatic N) is 3. The van der Waals surface area contributed by atoms with Crippen molar-refractivity contribution >= 4 is 23.2 Å². The van der Waals surface area contributed by atoms with Crippen molar-refractivity contribution in [3.63, 3.8) is 0 Å². The smallest absolute Gasteiger partial charge is 0.221 e. The Bertz CT molecular complexity index is 706. The summed E-state index contributed by atoms with van der Waals surface area (Å²) in [5.41, 5.74) is 3.18. The van der Waals surface area contributed by atoms with Gasteiger partial charge in [-0.25, -0.2) is 0 Å². The molecule has 6 heteroatoms. The first kappa shape index (κ1) is 18.0. The zero-order valence-electron chi connectivity index (χ0n) is 14.8. The summed E-state index contributed by atoms with van der Waals surface area (Å²) < 4.78 is 1.91. The number of hydrogen-bond acceptors (Lipinski definition) is 3. The third kappa shape index (κ3) is 4.41. The van der Waals surface area contributed by atoms with E-state index in [2.05, 4.69) is 27.4 Å². The van der Waals surface area contributed by atoms with E-state index in [1.165, 1.54) is 31.7 Å². The summed E-state index contributed by atoms with van der Waals surface area (Å²) in [5, 5.41) is 7.88. The normalized spacial score (nSPS) is 18.8. The van der Waals surface area contributed by atoms with Crippen molar-refractivity contribution in [2.24, 2.45) is 7.05 Å². The fourth-order valence-corrected chi connectivity index (χ4v) is 3.88. The molecule has 0 unspecified atom stereocenters. The van der Waals surface area contributed by atoms with Gasteiger partial charge in [0.15, 0.2) is 0 Å². The van der Waals surface area contributed by atoms with Crippen molar-refractivity contribution in [1.29, 1.82) is 0 Å². The second-order valence-electron chi connectivity index (χ2n) is 6.72. The molecule has 0 aliphatic carbocycles. The van der Waals surface area contributed by atoms with Crippen LogP contribution >= 0.6 is 11.6 Å². The Labute approximate surface area is 154 Å². The number of halogens is 1. The van der Waals surface area contributed by atoms with Crippen LogP contribution in [0.2, 0.25) is 5.02 Å². The molecule has 5 nitrogen and oxygen atoms in total. The molecular formula is C19H25ClN4O. The summed E-state index contributed by atoms with van der Waals surface area (Å²) in [6, 6.07) is 8.37. The number of benzene rings is 1. The molecule has 0 bridgehead atoms. The first-order valence-electron chi connectivity index (χ1n) is 8.82. The van der Waals surface area contributed by atoms with Gasteiger partial charge in [0.1, 0.15) is 0 Å². The first-order valence-corrected chi connectivity index (χ1v) is 9.20. The van der Waals surface area contributed by atoms with Crippen molar-refractivity contribution < 1.29 is 4.79 Å². The summed E-state index contributed by atoms with van der Waals surface area (Å²) in [7, 11) is 1.96. The predicted molar refractivity (Wildman–Crippen MR) is 101 cm³/mol. The van der Waals surface area contributed by atoms with E-state index >= 15 is 0 Å². The van der Waals surface area contributed by atoms with Crippen LogP contribution in [0, 0.1) is 0 Å². The van der Waals surface area contributed by atoms with Gasteiger partial charge in [0.25, 0.3) is 0 Å². The molecule has 134 valence electrons. The standard InChI is InChI=1S/C19H25ClN4O/c1-14(25)22-16-9-7-15(8-10-16)13-24-11-5-3-4-6-18(24)19-17(20)12-21-23(19)2/h7-10,12,18H,3-6,11,13H2,1-2H3,(H,22,25)/t18-/m0/s1. The maximum atomic E-state index is 11.2. The Morgan fingerprint density at radius 3 is 2.68 bits per heavy atom. The molecule has 1 aromatic carbocycles. The Morgan fingerprint density at radius 2 is 2.04 bits per heavy atom. The Morgan fingerprint density at radius 1 is 1.28 bits per heavy atom. The van der Waals surface area contributed by atoms with Crippen LogP contribution in [0.5, 0.6) is 0 Å². The Hall–Kier alpha value is -1.85. The minimum absolute atomic E-state index is 0.0498. The highest BCUT2D eigenvalue weighted by molar-refractivity contribution is 6.31. The van der Waals surface area contributed by atoms with Gasteiger partial charge in [-0.05, 0) is 37.1 Å². The van der Waals surface area contributed by atoms with Crippen LogP contribution in [0.15, 0.2) is 30.5 Å². The molecule has 1 atom stereocenters. The SMILES string of the molecule is CC(=O)Nc1ccc(CN2CCCCC[C@H]2c2c(Cl)cnn2C)cc1. The number of carbonyl (C=O) groups excluding carboxylic acids is 1. The minimum atomic E-state index is -0.0498. The molecular weight excluding hydrogens is 336 g/mol. The summed E-state index contributed by atoms with van der Waals surface area (Å²) in [5.74, 6) is -0.0498. The van der Waals surface area contributed by atoms with Gasteiger partial charge in [0.05, 0.1) is 23.0 Å². The lowest BCUT2D eigenvalue weighted by molar-refractivity contribution is -0.114. The highest BCUT2D eigenvalue weighted by atomic mass is 35.5. The van der Waals surface area contributed by atoms with Gasteiger partial charge in [-0.15, -0.1) is 0 Å². The van der Waals surface area contributed by atoms with Gasteiger partial charge >= 0.3 is 0 Å². The highest BCUT2D eigenvalue weighted by Crippen LogP contribution is 2.34. The largest absolute Gasteiger partial charge is 0.326 e. The molecule has 0 spiro atoms. The number of aryl methyl sites for hydroxylation is 1. The Balaban J connectivity index is 1.79. The van der Waals surface area contributed by atoms with E-state index in [0.29, 0.717) is 0 Å². The maximum Gasteiger partial charge on any atom is 0.221 e. The molecule has 2 aromatic rings. The van der Waals surface area contributed by atoms with E-state index < -0.39 is 0 Å². The lowest BCUT2D eigenvalue weighted by Crippen LogP contribution is -2.29. The third-order valence-electron chi connectivity index (χ3n) is 4.78. The summed E-state index contributed by atoms with van der Waals surface area (Å²) in [6.45, 7) is 3.44. The third-order valence-corrected chi connectivity index (χ3v) is 5.07. The second kappa shape index (κ2) is 8.02. The van der Waals surface area contributed by atoms with E-state index in [4.69, 9.17) is 11.6 Å². The summed E-state index contributed by atoms with van der Waals surface area (Å²) in [4.78, 5) is 13.7. The van der Waals surface area contributed by atoms with Crippen LogP contribution in [0.1, 0.15) is 49.9 Å². The van der Waals surface area contributed by atoms with Crippen LogP contribution in [-0.4, -0.2) is 27.1 Å². The monoisotopic (exact) mass is 360 g/mol. The molecule has 1 N–H and O–H groups in total. The maximum absolute atomic E-state index is 11.2. The lowest BCUT2D eigenvalue weighted by atomic mass is 10.1. The van der Waals surface area contributed by atoms with Gasteiger partial charge in [0, 0.05) is 26.2 Å². The topological polar surface area (TPSA) is 50.2 Å². The molecule has 1 fully saturated rings. The number of hydrogen-bond donors (Lipinski definition) is 1. The fraction of sp³-hybridized carbons (Fsp3) is 0.474. The van der Waals surface area contributed by atoms with Crippen LogP contribution in [-0.2, 0) is 18.4 Å². The van der Waals surface area contributed by atoms with Gasteiger partial charge in [-0.3, -0.25) is 14.4 Å². The molecule has 0 radical (unpaired) electrons. The fourth-order valence-electron chi connectivity index (χ4n) is 3.59. The quantitative estimate of drug-likeness (QED) is 0.891. The average molecular weight is 361 g/mol. The highest BCUT2D eigenvalue weighted by Gasteiger charge is 2.27. The average Bonchev–Trinajstić information content (AvgIpc) is 2.77. The van der Waals surface area contributed by atoms with E-state index in [-0.39, 0.29) is 11.9 Å². The molecule has 1 amide bonds. The predicted octanol–water partition coefficient (Wildman–Crippen LogP) is 4.15. The number of amides is 1. The molecule has 2 heterocycles. The van der Waals surface area contributed by atoms with Crippen LogP contribution in [0.25, 0.3) is 0 Å². The molecule has 25 heavy (non-hydrogen) atoms. The van der Waals surface area contributed by atoms with Crippen molar-refractivity contribution in [3.8, 4) is 0 Å². The van der Waals surface area contributed by atoms with Crippen molar-refractivity contribution in [2.75, 3.05) is 11.9 Å². The first-order chi connectivity index (χ1) is 12.0. The van der Waals surface area contributed by atoms with Gasteiger partial charge in [-0.1, -0.05) is 36.6 Å². The summed E-state index contributed by atoms with van der Waals surface area (Å²) >= 11 is 6.42. The van der Waals surface area contributed by atoms with E-state index in [9.17, 15) is 4.79 Å². The van der Waals surface area contributed by atoms with Crippen molar-refractivity contribution in [1.82, 2.24) is 14.7 Å². The molecule has 1 aliphatic rings.